The first-order chi connectivity index (χ1) is 17.8. The van der Waals surface area contributed by atoms with Gasteiger partial charge in [-0.25, -0.2) is 4.98 Å². The van der Waals surface area contributed by atoms with E-state index in [1.54, 1.807) is 0 Å². The summed E-state index contributed by atoms with van der Waals surface area (Å²) in [7, 11) is 6.09. The van der Waals surface area contributed by atoms with E-state index in [0.29, 0.717) is 13.0 Å². The van der Waals surface area contributed by atoms with E-state index in [1.165, 1.54) is 5.56 Å². The minimum atomic E-state index is 0. The number of hydrogen-bond acceptors (Lipinski definition) is 4. The molecule has 1 aromatic heterocycles. The van der Waals surface area contributed by atoms with Crippen LogP contribution in [0.25, 0.3) is 11.0 Å². The van der Waals surface area contributed by atoms with Gasteiger partial charge in [-0.1, -0.05) is 54.6 Å². The lowest BCUT2D eigenvalue weighted by atomic mass is 10.1. The van der Waals surface area contributed by atoms with Gasteiger partial charge in [-0.2, -0.15) is 0 Å². The molecular formula is C30H38Cl2N6O. The number of anilines is 1. The summed E-state index contributed by atoms with van der Waals surface area (Å²) < 4.78 is 2.13. The molecule has 0 saturated carbocycles. The van der Waals surface area contributed by atoms with E-state index < -0.39 is 0 Å². The molecule has 1 amide bonds. The average molecular weight is 570 g/mol. The first kappa shape index (κ1) is 31.8. The summed E-state index contributed by atoms with van der Waals surface area (Å²) in [5.74, 6) is 1.19. The summed E-state index contributed by atoms with van der Waals surface area (Å²) in [6, 6.07) is 24.0. The highest BCUT2D eigenvalue weighted by atomic mass is 35.5. The molecule has 0 aliphatic carbocycles. The zero-order chi connectivity index (χ0) is 26.4. The molecule has 0 aliphatic rings. The average Bonchev–Trinajstić information content (AvgIpc) is 3.21. The van der Waals surface area contributed by atoms with Crippen molar-refractivity contribution in [3.8, 4) is 0 Å². The first-order valence-electron chi connectivity index (χ1n) is 12.7. The Labute approximate surface area is 243 Å². The summed E-state index contributed by atoms with van der Waals surface area (Å²) in [6.45, 7) is 1.41. The standard InChI is InChI=1S/C30H36N6O.2ClH/c1-34(2)19-7-10-29(37)36(21-23-8-5-4-6-9-23)25-16-17-27-26(20-25)33-28(35(27)3)18-13-22-11-14-24(15-12-22)30(31)32;;/h4-6,8-9,11-12,14-17,20H,7,10,13,18-19,21H2,1-3H3,(H3,31,32);2*1H. The van der Waals surface area contributed by atoms with Gasteiger partial charge in [0.05, 0.1) is 17.6 Å². The number of nitrogens with zero attached hydrogens (tertiary/aromatic N) is 4. The maximum atomic E-state index is 13.3. The Hall–Kier alpha value is -3.39. The van der Waals surface area contributed by atoms with Crippen molar-refractivity contribution in [1.29, 1.82) is 5.41 Å². The molecule has 3 N–H and O–H groups in total. The number of carbonyl (C=O) groups excluding carboxylic acids is 1. The Morgan fingerprint density at radius 3 is 2.28 bits per heavy atom. The fourth-order valence-electron chi connectivity index (χ4n) is 4.51. The number of benzene rings is 3. The fraction of sp³-hybridized carbons (Fsp3) is 0.300. The van der Waals surface area contributed by atoms with E-state index in [2.05, 4.69) is 27.7 Å². The van der Waals surface area contributed by atoms with Crippen LogP contribution in [0.15, 0.2) is 72.8 Å². The molecular weight excluding hydrogens is 531 g/mol. The van der Waals surface area contributed by atoms with Gasteiger partial charge in [0.25, 0.3) is 0 Å². The zero-order valence-electron chi connectivity index (χ0n) is 22.8. The second-order valence-electron chi connectivity index (χ2n) is 9.74. The van der Waals surface area contributed by atoms with Crippen molar-refractivity contribution in [2.24, 2.45) is 12.8 Å². The Bertz CT molecular complexity index is 1370. The monoisotopic (exact) mass is 568 g/mol. The van der Waals surface area contributed by atoms with Crippen LogP contribution in [-0.2, 0) is 31.2 Å². The minimum absolute atomic E-state index is 0. The van der Waals surface area contributed by atoms with Gasteiger partial charge in [0.1, 0.15) is 11.7 Å². The number of amides is 1. The molecule has 0 fully saturated rings. The van der Waals surface area contributed by atoms with Crippen molar-refractivity contribution in [2.75, 3.05) is 25.5 Å². The molecule has 0 saturated heterocycles. The Balaban J connectivity index is 0.00000267. The van der Waals surface area contributed by atoms with Crippen molar-refractivity contribution in [3.63, 3.8) is 0 Å². The number of fused-ring (bicyclic) bond motifs is 1. The highest BCUT2D eigenvalue weighted by Crippen LogP contribution is 2.25. The van der Waals surface area contributed by atoms with Gasteiger partial charge in [0.2, 0.25) is 5.91 Å². The number of halogens is 2. The van der Waals surface area contributed by atoms with Crippen molar-refractivity contribution in [1.82, 2.24) is 14.5 Å². The lowest BCUT2D eigenvalue weighted by Gasteiger charge is -2.23. The number of aryl methyl sites for hydroxylation is 3. The van der Waals surface area contributed by atoms with Gasteiger partial charge >= 0.3 is 0 Å². The topological polar surface area (TPSA) is 91.2 Å². The molecule has 0 unspecified atom stereocenters. The SMILES string of the molecule is CN(C)CCCC(=O)N(Cc1ccccc1)c1ccc2c(c1)nc(CCc1ccc(C(=N)N)cc1)n2C.Cl.Cl. The molecule has 4 aromatic rings. The summed E-state index contributed by atoms with van der Waals surface area (Å²) in [6.07, 6.45) is 2.95. The van der Waals surface area contributed by atoms with Crippen LogP contribution in [0.4, 0.5) is 5.69 Å². The maximum Gasteiger partial charge on any atom is 0.227 e. The number of nitrogen functional groups attached to an aromatic ring is 1. The van der Waals surface area contributed by atoms with Crippen molar-refractivity contribution >= 4 is 53.3 Å². The van der Waals surface area contributed by atoms with Crippen LogP contribution >= 0.6 is 24.8 Å². The molecule has 39 heavy (non-hydrogen) atoms. The first-order valence-corrected chi connectivity index (χ1v) is 12.7. The predicted octanol–water partition coefficient (Wildman–Crippen LogP) is 5.36. The van der Waals surface area contributed by atoms with Crippen LogP contribution in [-0.4, -0.2) is 46.8 Å². The van der Waals surface area contributed by atoms with E-state index >= 15 is 0 Å². The zero-order valence-corrected chi connectivity index (χ0v) is 24.4. The highest BCUT2D eigenvalue weighted by Gasteiger charge is 2.18. The van der Waals surface area contributed by atoms with Crippen molar-refractivity contribution < 1.29 is 4.79 Å². The van der Waals surface area contributed by atoms with Gasteiger partial charge in [0, 0.05) is 31.1 Å². The third-order valence-electron chi connectivity index (χ3n) is 6.65. The predicted molar refractivity (Wildman–Crippen MR) is 165 cm³/mol. The summed E-state index contributed by atoms with van der Waals surface area (Å²) >= 11 is 0. The third kappa shape index (κ3) is 8.30. The summed E-state index contributed by atoms with van der Waals surface area (Å²) in [4.78, 5) is 22.2. The molecule has 1 heterocycles. The van der Waals surface area contributed by atoms with Gasteiger partial charge in [-0.05, 0) is 62.8 Å². The Morgan fingerprint density at radius 2 is 1.64 bits per heavy atom. The van der Waals surface area contributed by atoms with Gasteiger partial charge in [-0.3, -0.25) is 10.2 Å². The third-order valence-corrected chi connectivity index (χ3v) is 6.65. The molecule has 0 aliphatic heterocycles. The highest BCUT2D eigenvalue weighted by molar-refractivity contribution is 5.95. The molecule has 0 bridgehead atoms. The Morgan fingerprint density at radius 1 is 0.949 bits per heavy atom. The van der Waals surface area contributed by atoms with E-state index in [-0.39, 0.29) is 36.6 Å². The lowest BCUT2D eigenvalue weighted by Crippen LogP contribution is -2.31. The van der Waals surface area contributed by atoms with Crippen LogP contribution in [0.1, 0.15) is 35.4 Å². The van der Waals surface area contributed by atoms with Crippen LogP contribution in [0.3, 0.4) is 0 Å². The smallest absolute Gasteiger partial charge is 0.227 e. The quantitative estimate of drug-likeness (QED) is 0.188. The molecule has 4 rings (SSSR count). The van der Waals surface area contributed by atoms with Gasteiger partial charge < -0.3 is 20.1 Å². The van der Waals surface area contributed by atoms with E-state index in [1.807, 2.05) is 80.6 Å². The number of imidazole rings is 1. The second-order valence-corrected chi connectivity index (χ2v) is 9.74. The molecule has 0 atom stereocenters. The normalized spacial score (nSPS) is 10.7. The van der Waals surface area contributed by atoms with Crippen LogP contribution < -0.4 is 10.6 Å². The molecule has 7 nitrogen and oxygen atoms in total. The summed E-state index contributed by atoms with van der Waals surface area (Å²) in [5, 5.41) is 7.56. The molecule has 208 valence electrons. The van der Waals surface area contributed by atoms with E-state index in [0.717, 1.165) is 59.5 Å². The number of nitrogens with one attached hydrogen (secondary N) is 1. The van der Waals surface area contributed by atoms with Gasteiger partial charge in [-0.15, -0.1) is 24.8 Å². The summed E-state index contributed by atoms with van der Waals surface area (Å²) in [5.41, 5.74) is 11.4. The van der Waals surface area contributed by atoms with E-state index in [9.17, 15) is 4.79 Å². The second kappa shape index (κ2) is 14.7. The van der Waals surface area contributed by atoms with Crippen molar-refractivity contribution in [2.45, 2.75) is 32.2 Å². The molecule has 9 heteroatoms. The number of amidine groups is 1. The number of carbonyl (C=O) groups is 1. The fourth-order valence-corrected chi connectivity index (χ4v) is 4.51. The van der Waals surface area contributed by atoms with Crippen LogP contribution in [0.2, 0.25) is 0 Å². The number of rotatable bonds is 11. The van der Waals surface area contributed by atoms with Crippen LogP contribution in [0, 0.1) is 5.41 Å². The van der Waals surface area contributed by atoms with Crippen LogP contribution in [0.5, 0.6) is 0 Å². The Kier molecular flexibility index (Phi) is 12.0. The molecule has 0 spiro atoms. The van der Waals surface area contributed by atoms with Gasteiger partial charge in [0.15, 0.2) is 0 Å². The minimum Gasteiger partial charge on any atom is -0.384 e. The number of aromatic nitrogens is 2. The molecule has 0 radical (unpaired) electrons. The van der Waals surface area contributed by atoms with Crippen molar-refractivity contribution in [3.05, 3.63) is 95.3 Å². The lowest BCUT2D eigenvalue weighted by molar-refractivity contribution is -0.118. The molecule has 3 aromatic carbocycles. The number of hydrogen-bond donors (Lipinski definition) is 2. The maximum absolute atomic E-state index is 13.3. The largest absolute Gasteiger partial charge is 0.384 e. The van der Waals surface area contributed by atoms with E-state index in [4.69, 9.17) is 16.1 Å². The number of nitrogens with two attached hydrogens (primary N) is 1.